The van der Waals surface area contributed by atoms with Gasteiger partial charge in [-0.15, -0.1) is 0 Å². The first kappa shape index (κ1) is 14.9. The third kappa shape index (κ3) is 4.91. The molecular formula is C11H24N2O3S. The van der Waals surface area contributed by atoms with Gasteiger partial charge in [0.25, 0.3) is 0 Å². The maximum Gasteiger partial charge on any atom is 0.148 e. The molecule has 0 aliphatic heterocycles. The number of hydrogen-bond acceptors (Lipinski definition) is 5. The first-order chi connectivity index (χ1) is 7.76. The molecule has 17 heavy (non-hydrogen) atoms. The van der Waals surface area contributed by atoms with Crippen LogP contribution >= 0.6 is 0 Å². The highest BCUT2D eigenvalue weighted by molar-refractivity contribution is 7.90. The predicted molar refractivity (Wildman–Crippen MR) is 68.6 cm³/mol. The Morgan fingerprint density at radius 1 is 1.53 bits per heavy atom. The molecule has 1 fully saturated rings. The lowest BCUT2D eigenvalue weighted by atomic mass is 9.80. The second-order valence-corrected chi connectivity index (χ2v) is 7.64. The maximum atomic E-state index is 11.1. The molecule has 0 saturated heterocycles. The monoisotopic (exact) mass is 264 g/mol. The van der Waals surface area contributed by atoms with Crippen LogP contribution in [0.1, 0.15) is 25.7 Å². The molecule has 0 radical (unpaired) electrons. The van der Waals surface area contributed by atoms with E-state index in [1.807, 2.05) is 7.05 Å². The summed E-state index contributed by atoms with van der Waals surface area (Å²) in [6, 6.07) is 0.280. The van der Waals surface area contributed by atoms with Gasteiger partial charge in [-0.05, 0) is 32.7 Å². The Balaban J connectivity index is 2.49. The Kier molecular flexibility index (Phi) is 4.95. The lowest BCUT2D eigenvalue weighted by Crippen LogP contribution is -2.52. The van der Waals surface area contributed by atoms with Crippen molar-refractivity contribution in [2.45, 2.75) is 37.3 Å². The first-order valence-electron chi connectivity index (χ1n) is 6.03. The maximum absolute atomic E-state index is 11.1. The Bertz CT molecular complexity index is 345. The molecule has 2 unspecified atom stereocenters. The number of nitrogens with two attached hydrogens (primary N) is 1. The van der Waals surface area contributed by atoms with Crippen molar-refractivity contribution in [1.82, 2.24) is 4.90 Å². The van der Waals surface area contributed by atoms with Crippen molar-refractivity contribution in [2.75, 3.05) is 32.2 Å². The molecule has 0 bridgehead atoms. The molecule has 3 N–H and O–H groups in total. The van der Waals surface area contributed by atoms with E-state index in [0.717, 1.165) is 25.7 Å². The van der Waals surface area contributed by atoms with Gasteiger partial charge >= 0.3 is 0 Å². The number of hydrogen-bond donors (Lipinski definition) is 2. The largest absolute Gasteiger partial charge is 0.394 e. The van der Waals surface area contributed by atoms with Crippen LogP contribution in [-0.2, 0) is 9.84 Å². The van der Waals surface area contributed by atoms with Crippen molar-refractivity contribution in [2.24, 2.45) is 5.73 Å². The van der Waals surface area contributed by atoms with E-state index >= 15 is 0 Å². The summed E-state index contributed by atoms with van der Waals surface area (Å²) in [5, 5.41) is 9.27. The molecule has 1 aliphatic carbocycles. The normalized spacial score (nSPS) is 30.8. The Labute approximate surface area is 104 Å². The van der Waals surface area contributed by atoms with Gasteiger partial charge in [-0.2, -0.15) is 0 Å². The van der Waals surface area contributed by atoms with Crippen molar-refractivity contribution in [3.63, 3.8) is 0 Å². The van der Waals surface area contributed by atoms with Gasteiger partial charge in [0.1, 0.15) is 9.84 Å². The fourth-order valence-corrected chi connectivity index (χ4v) is 2.99. The van der Waals surface area contributed by atoms with Crippen LogP contribution in [0.4, 0.5) is 0 Å². The van der Waals surface area contributed by atoms with Gasteiger partial charge in [-0.25, -0.2) is 8.42 Å². The van der Waals surface area contributed by atoms with Crippen molar-refractivity contribution in [3.05, 3.63) is 0 Å². The predicted octanol–water partition coefficient (Wildman–Crippen LogP) is -0.405. The Morgan fingerprint density at radius 3 is 2.71 bits per heavy atom. The van der Waals surface area contributed by atoms with Crippen molar-refractivity contribution < 1.29 is 13.5 Å². The highest BCUT2D eigenvalue weighted by atomic mass is 32.2. The van der Waals surface area contributed by atoms with E-state index in [4.69, 9.17) is 5.73 Å². The Hall–Kier alpha value is -0.170. The minimum Gasteiger partial charge on any atom is -0.394 e. The number of sulfone groups is 1. The average molecular weight is 264 g/mol. The second-order valence-electron chi connectivity index (χ2n) is 5.38. The molecule has 1 rings (SSSR count). The molecule has 1 saturated carbocycles. The van der Waals surface area contributed by atoms with Gasteiger partial charge in [0, 0.05) is 24.4 Å². The van der Waals surface area contributed by atoms with Crippen LogP contribution < -0.4 is 5.73 Å². The average Bonchev–Trinajstić information content (AvgIpc) is 2.25. The van der Waals surface area contributed by atoms with Crippen LogP contribution in [0.25, 0.3) is 0 Å². The first-order valence-corrected chi connectivity index (χ1v) is 8.09. The van der Waals surface area contributed by atoms with Crippen LogP contribution in [0.2, 0.25) is 0 Å². The molecule has 2 atom stereocenters. The van der Waals surface area contributed by atoms with E-state index in [1.165, 1.54) is 6.26 Å². The highest BCUT2D eigenvalue weighted by Gasteiger charge is 2.33. The molecule has 5 nitrogen and oxygen atoms in total. The molecule has 1 aliphatic rings. The summed E-state index contributed by atoms with van der Waals surface area (Å²) >= 11 is 0. The summed E-state index contributed by atoms with van der Waals surface area (Å²) in [6.07, 6.45) is 4.86. The molecule has 0 aromatic rings. The standard InChI is InChI=1S/C11H24N2O3S/c1-13(6-7-17(2,15)16)10-4-3-5-11(12,8-10)9-14/h10,14H,3-9,12H2,1-2H3. The van der Waals surface area contributed by atoms with Gasteiger partial charge in [0.2, 0.25) is 0 Å². The lowest BCUT2D eigenvalue weighted by Gasteiger charge is -2.40. The topological polar surface area (TPSA) is 83.6 Å². The van der Waals surface area contributed by atoms with Crippen LogP contribution in [0.3, 0.4) is 0 Å². The number of aliphatic hydroxyl groups is 1. The van der Waals surface area contributed by atoms with Gasteiger partial charge in [-0.3, -0.25) is 0 Å². The van der Waals surface area contributed by atoms with Crippen molar-refractivity contribution in [3.8, 4) is 0 Å². The third-order valence-corrected chi connectivity index (χ3v) is 4.53. The smallest absolute Gasteiger partial charge is 0.148 e. The quantitative estimate of drug-likeness (QED) is 0.705. The molecule has 6 heteroatoms. The third-order valence-electron chi connectivity index (χ3n) is 3.61. The molecule has 102 valence electrons. The summed E-state index contributed by atoms with van der Waals surface area (Å²) in [6.45, 7) is 0.536. The van der Waals surface area contributed by atoms with Gasteiger partial charge in [0.05, 0.1) is 12.4 Å². The van der Waals surface area contributed by atoms with Crippen LogP contribution in [0, 0.1) is 0 Å². The fourth-order valence-electron chi connectivity index (χ4n) is 2.38. The molecular weight excluding hydrogens is 240 g/mol. The zero-order chi connectivity index (χ0) is 13.1. The van der Waals surface area contributed by atoms with Crippen LogP contribution in [0.15, 0.2) is 0 Å². The van der Waals surface area contributed by atoms with Gasteiger partial charge in [0.15, 0.2) is 0 Å². The summed E-state index contributed by atoms with van der Waals surface area (Å²) in [5.41, 5.74) is 5.59. The van der Waals surface area contributed by atoms with E-state index in [-0.39, 0.29) is 18.4 Å². The van der Waals surface area contributed by atoms with Crippen LogP contribution in [0.5, 0.6) is 0 Å². The summed E-state index contributed by atoms with van der Waals surface area (Å²) in [5.74, 6) is 0.177. The summed E-state index contributed by atoms with van der Waals surface area (Å²) in [4.78, 5) is 2.05. The Morgan fingerprint density at radius 2 is 2.18 bits per heavy atom. The van der Waals surface area contributed by atoms with E-state index < -0.39 is 15.4 Å². The van der Waals surface area contributed by atoms with E-state index in [0.29, 0.717) is 6.54 Å². The zero-order valence-corrected chi connectivity index (χ0v) is 11.5. The van der Waals surface area contributed by atoms with E-state index in [1.54, 1.807) is 0 Å². The minimum absolute atomic E-state index is 0.00339. The lowest BCUT2D eigenvalue weighted by molar-refractivity contribution is 0.0975. The fraction of sp³-hybridized carbons (Fsp3) is 1.00. The van der Waals surface area contributed by atoms with Crippen molar-refractivity contribution in [1.29, 1.82) is 0 Å². The van der Waals surface area contributed by atoms with Crippen molar-refractivity contribution >= 4 is 9.84 Å². The van der Waals surface area contributed by atoms with E-state index in [2.05, 4.69) is 4.90 Å². The SMILES string of the molecule is CN(CCS(C)(=O)=O)C1CCCC(N)(CO)C1. The van der Waals surface area contributed by atoms with E-state index in [9.17, 15) is 13.5 Å². The molecule has 0 heterocycles. The second kappa shape index (κ2) is 5.65. The number of aliphatic hydroxyl groups excluding tert-OH is 1. The van der Waals surface area contributed by atoms with Gasteiger partial charge < -0.3 is 15.7 Å². The minimum atomic E-state index is -2.91. The van der Waals surface area contributed by atoms with Gasteiger partial charge in [-0.1, -0.05) is 0 Å². The molecule has 0 aromatic heterocycles. The summed E-state index contributed by atoms with van der Waals surface area (Å²) in [7, 11) is -0.985. The molecule has 0 aromatic carbocycles. The molecule has 0 spiro atoms. The summed E-state index contributed by atoms with van der Waals surface area (Å²) < 4.78 is 22.2. The molecule has 0 amide bonds. The highest BCUT2D eigenvalue weighted by Crippen LogP contribution is 2.28. The number of rotatable bonds is 5. The van der Waals surface area contributed by atoms with Crippen LogP contribution in [-0.4, -0.2) is 62.2 Å². The zero-order valence-electron chi connectivity index (χ0n) is 10.7. The number of nitrogens with zero attached hydrogens (tertiary/aromatic N) is 1.